The van der Waals surface area contributed by atoms with Gasteiger partial charge in [0.25, 0.3) is 17.7 Å². The van der Waals surface area contributed by atoms with Crippen LogP contribution >= 0.6 is 23.8 Å². The van der Waals surface area contributed by atoms with Crippen LogP contribution in [0.2, 0.25) is 5.02 Å². The first-order valence-electron chi connectivity index (χ1n) is 9.00. The fourth-order valence-electron chi connectivity index (χ4n) is 3.10. The second kappa shape index (κ2) is 8.25. The smallest absolute Gasteiger partial charge is 0.266 e. The lowest BCUT2D eigenvalue weighted by atomic mass is 10.1. The van der Waals surface area contributed by atoms with Gasteiger partial charge in [0, 0.05) is 5.56 Å². The van der Waals surface area contributed by atoms with Gasteiger partial charge in [-0.3, -0.25) is 19.7 Å². The molecular formula is C22H13ClFN3O3S. The van der Waals surface area contributed by atoms with Crippen molar-refractivity contribution in [3.8, 4) is 0 Å². The molecule has 0 spiro atoms. The van der Waals surface area contributed by atoms with Crippen LogP contribution in [0, 0.1) is 5.82 Å². The number of fused-ring (bicyclic) bond motifs is 1. The van der Waals surface area contributed by atoms with Gasteiger partial charge < -0.3 is 5.32 Å². The van der Waals surface area contributed by atoms with Crippen molar-refractivity contribution in [3.05, 3.63) is 94.3 Å². The van der Waals surface area contributed by atoms with Crippen molar-refractivity contribution in [2.75, 3.05) is 10.2 Å². The van der Waals surface area contributed by atoms with Crippen LogP contribution < -0.4 is 15.5 Å². The number of carbonyl (C=O) groups is 3. The molecule has 0 aliphatic carbocycles. The van der Waals surface area contributed by atoms with Gasteiger partial charge in [0.2, 0.25) is 0 Å². The van der Waals surface area contributed by atoms with Crippen molar-refractivity contribution in [3.63, 3.8) is 0 Å². The van der Waals surface area contributed by atoms with Gasteiger partial charge in [0.05, 0.1) is 27.5 Å². The van der Waals surface area contributed by atoms with Crippen LogP contribution in [0.4, 0.5) is 15.8 Å². The monoisotopic (exact) mass is 453 g/mol. The van der Waals surface area contributed by atoms with Crippen molar-refractivity contribution < 1.29 is 18.8 Å². The molecule has 3 amide bonds. The Morgan fingerprint density at radius 3 is 2.13 bits per heavy atom. The highest BCUT2D eigenvalue weighted by Gasteiger charge is 2.36. The molecule has 0 radical (unpaired) electrons. The first-order chi connectivity index (χ1) is 14.8. The number of benzene rings is 3. The van der Waals surface area contributed by atoms with Crippen molar-refractivity contribution in [2.24, 2.45) is 0 Å². The van der Waals surface area contributed by atoms with Crippen LogP contribution in [0.3, 0.4) is 0 Å². The van der Waals surface area contributed by atoms with Gasteiger partial charge in [-0.2, -0.15) is 0 Å². The molecule has 1 heterocycles. The highest BCUT2D eigenvalue weighted by Crippen LogP contribution is 2.32. The Bertz CT molecular complexity index is 1210. The van der Waals surface area contributed by atoms with E-state index in [0.29, 0.717) is 22.5 Å². The number of rotatable bonds is 3. The quantitative estimate of drug-likeness (QED) is 0.454. The molecule has 3 aromatic carbocycles. The van der Waals surface area contributed by atoms with Crippen molar-refractivity contribution in [1.82, 2.24) is 5.32 Å². The van der Waals surface area contributed by atoms with Gasteiger partial charge in [-0.25, -0.2) is 9.29 Å². The molecule has 154 valence electrons. The molecular weight excluding hydrogens is 441 g/mol. The zero-order valence-corrected chi connectivity index (χ0v) is 17.3. The SMILES string of the molecule is O=C(NC(=S)Nc1ccc(N2C(=O)c3ccccc3C2=O)cc1Cl)c1ccc(F)cc1. The highest BCUT2D eigenvalue weighted by atomic mass is 35.5. The highest BCUT2D eigenvalue weighted by molar-refractivity contribution is 7.80. The third-order valence-electron chi connectivity index (χ3n) is 4.59. The van der Waals surface area contributed by atoms with E-state index >= 15 is 0 Å². The number of nitrogens with zero attached hydrogens (tertiary/aromatic N) is 1. The zero-order chi connectivity index (χ0) is 22.1. The van der Waals surface area contributed by atoms with E-state index < -0.39 is 23.5 Å². The molecule has 2 N–H and O–H groups in total. The van der Waals surface area contributed by atoms with Crippen LogP contribution in [0.15, 0.2) is 66.7 Å². The molecule has 6 nitrogen and oxygen atoms in total. The Morgan fingerprint density at radius 1 is 0.935 bits per heavy atom. The number of anilines is 2. The summed E-state index contributed by atoms with van der Waals surface area (Å²) < 4.78 is 13.0. The predicted octanol–water partition coefficient (Wildman–Crippen LogP) is 4.41. The molecule has 0 unspecified atom stereocenters. The maximum Gasteiger partial charge on any atom is 0.266 e. The number of hydrogen-bond acceptors (Lipinski definition) is 4. The van der Waals surface area contributed by atoms with Gasteiger partial charge in [-0.05, 0) is 66.8 Å². The van der Waals surface area contributed by atoms with E-state index in [1.54, 1.807) is 30.3 Å². The van der Waals surface area contributed by atoms with Gasteiger partial charge in [0.1, 0.15) is 5.82 Å². The van der Waals surface area contributed by atoms with Gasteiger partial charge >= 0.3 is 0 Å². The molecule has 1 aliphatic heterocycles. The lowest BCUT2D eigenvalue weighted by Gasteiger charge is -2.16. The third kappa shape index (κ3) is 4.03. The Balaban J connectivity index is 1.48. The molecule has 0 saturated carbocycles. The minimum Gasteiger partial charge on any atom is -0.331 e. The molecule has 0 saturated heterocycles. The van der Waals surface area contributed by atoms with Gasteiger partial charge in [-0.1, -0.05) is 23.7 Å². The van der Waals surface area contributed by atoms with Crippen molar-refractivity contribution in [2.45, 2.75) is 0 Å². The first-order valence-corrected chi connectivity index (χ1v) is 9.79. The lowest BCUT2D eigenvalue weighted by molar-refractivity contribution is 0.0923. The molecule has 9 heteroatoms. The fourth-order valence-corrected chi connectivity index (χ4v) is 3.52. The summed E-state index contributed by atoms with van der Waals surface area (Å²) in [7, 11) is 0. The van der Waals surface area contributed by atoms with Crippen LogP contribution in [-0.4, -0.2) is 22.8 Å². The number of nitrogens with one attached hydrogen (secondary N) is 2. The summed E-state index contributed by atoms with van der Waals surface area (Å²) in [5, 5.41) is 5.42. The Hall–Kier alpha value is -3.62. The van der Waals surface area contributed by atoms with E-state index in [1.807, 2.05) is 0 Å². The molecule has 4 rings (SSSR count). The summed E-state index contributed by atoms with van der Waals surface area (Å²) in [6.07, 6.45) is 0. The average molecular weight is 454 g/mol. The average Bonchev–Trinajstić information content (AvgIpc) is 3.00. The van der Waals surface area contributed by atoms with E-state index in [2.05, 4.69) is 10.6 Å². The minimum atomic E-state index is -0.517. The van der Waals surface area contributed by atoms with Gasteiger partial charge in [-0.15, -0.1) is 0 Å². The fraction of sp³-hybridized carbons (Fsp3) is 0. The number of halogens is 2. The lowest BCUT2D eigenvalue weighted by Crippen LogP contribution is -2.34. The third-order valence-corrected chi connectivity index (χ3v) is 5.10. The van der Waals surface area contributed by atoms with Crippen LogP contribution in [-0.2, 0) is 0 Å². The summed E-state index contributed by atoms with van der Waals surface area (Å²) in [5.41, 5.74) is 1.57. The predicted molar refractivity (Wildman–Crippen MR) is 119 cm³/mol. The topological polar surface area (TPSA) is 78.5 Å². The second-order valence-corrected chi connectivity index (χ2v) is 7.39. The van der Waals surface area contributed by atoms with Crippen molar-refractivity contribution in [1.29, 1.82) is 0 Å². The van der Waals surface area contributed by atoms with Gasteiger partial charge in [0.15, 0.2) is 5.11 Å². The summed E-state index contributed by atoms with van der Waals surface area (Å²) in [6.45, 7) is 0. The minimum absolute atomic E-state index is 0.0234. The second-order valence-electron chi connectivity index (χ2n) is 6.57. The van der Waals surface area contributed by atoms with Crippen LogP contribution in [0.5, 0.6) is 0 Å². The summed E-state index contributed by atoms with van der Waals surface area (Å²) >= 11 is 11.4. The van der Waals surface area contributed by atoms with E-state index in [1.165, 1.54) is 36.4 Å². The normalized spacial score (nSPS) is 12.5. The van der Waals surface area contributed by atoms with E-state index in [4.69, 9.17) is 23.8 Å². The molecule has 0 atom stereocenters. The maximum atomic E-state index is 13.0. The molecule has 0 fully saturated rings. The summed E-state index contributed by atoms with van der Waals surface area (Å²) in [5.74, 6) is -1.84. The zero-order valence-electron chi connectivity index (χ0n) is 15.7. The molecule has 31 heavy (non-hydrogen) atoms. The molecule has 1 aliphatic rings. The van der Waals surface area contributed by atoms with E-state index in [9.17, 15) is 18.8 Å². The molecule has 3 aromatic rings. The van der Waals surface area contributed by atoms with Crippen molar-refractivity contribution >= 4 is 58.0 Å². The largest absolute Gasteiger partial charge is 0.331 e. The summed E-state index contributed by atoms with van der Waals surface area (Å²) in [6, 6.07) is 16.1. The number of carbonyl (C=O) groups excluding carboxylic acids is 3. The number of thiocarbonyl (C=S) groups is 1. The van der Waals surface area contributed by atoms with Crippen LogP contribution in [0.25, 0.3) is 0 Å². The number of imide groups is 1. The molecule has 0 aromatic heterocycles. The summed E-state index contributed by atoms with van der Waals surface area (Å²) in [4.78, 5) is 38.5. The first kappa shape index (κ1) is 20.6. The Kier molecular flexibility index (Phi) is 5.50. The molecule has 0 bridgehead atoms. The number of amides is 3. The standard InChI is InChI=1S/C22H13ClFN3O3S/c23-17-11-14(27-20(29)15-3-1-2-4-16(15)21(27)30)9-10-18(17)25-22(31)26-19(28)12-5-7-13(24)8-6-12/h1-11H,(H2,25,26,28,31). The number of hydrogen-bond donors (Lipinski definition) is 2. The Morgan fingerprint density at radius 2 is 1.55 bits per heavy atom. The Labute approximate surface area is 186 Å². The maximum absolute atomic E-state index is 13.0. The van der Waals surface area contributed by atoms with Crippen LogP contribution in [0.1, 0.15) is 31.1 Å². The van der Waals surface area contributed by atoms with E-state index in [-0.39, 0.29) is 15.7 Å². The van der Waals surface area contributed by atoms with E-state index in [0.717, 1.165) is 4.90 Å².